The van der Waals surface area contributed by atoms with Crippen LogP contribution in [0.1, 0.15) is 23.1 Å². The van der Waals surface area contributed by atoms with Crippen LogP contribution in [0.3, 0.4) is 0 Å². The normalized spacial score (nSPS) is 16.5. The summed E-state index contributed by atoms with van der Waals surface area (Å²) in [6.45, 7) is 0. The van der Waals surface area contributed by atoms with E-state index >= 15 is 0 Å². The molecule has 4 aromatic rings. The number of aryl methyl sites for hydroxylation is 1. The molecule has 0 saturated carbocycles. The van der Waals surface area contributed by atoms with Gasteiger partial charge in [0, 0.05) is 11.1 Å². The van der Waals surface area contributed by atoms with Crippen LogP contribution in [-0.2, 0) is 11.2 Å². The van der Waals surface area contributed by atoms with Crippen molar-refractivity contribution in [2.24, 2.45) is 0 Å². The molecule has 0 N–H and O–H groups in total. The Hall–Kier alpha value is -4.09. The topological polar surface area (TPSA) is 33.0 Å². The summed E-state index contributed by atoms with van der Waals surface area (Å²) in [6.07, 6.45) is 5.41. The van der Waals surface area contributed by atoms with E-state index in [1.54, 1.807) is 0 Å². The number of nitriles is 1. The van der Waals surface area contributed by atoms with E-state index in [2.05, 4.69) is 78.9 Å². The van der Waals surface area contributed by atoms with Crippen LogP contribution in [0.15, 0.2) is 102 Å². The first-order valence-electron chi connectivity index (χ1n) is 10.5. The summed E-state index contributed by atoms with van der Waals surface area (Å²) in [5.41, 5.74) is 5.94. The smallest absolute Gasteiger partial charge is 0.138 e. The Morgan fingerprint density at radius 2 is 1.61 bits per heavy atom. The molecule has 0 saturated heterocycles. The number of allylic oxidation sites excluding steroid dienone is 4. The third-order valence-corrected chi connectivity index (χ3v) is 6.27. The zero-order valence-electron chi connectivity index (χ0n) is 16.9. The lowest BCUT2D eigenvalue weighted by Gasteiger charge is -2.29. The molecule has 0 amide bonds. The standard InChI is InChI=1S/C29H19NO/c30-16-15-23-18-28(27-14-11-20-6-2-4-8-26(20)29(27)31-23)22-12-13-25-21(17-22)10-9-19-5-1-3-7-24(19)25/h1-10,12-13,15,17-18H,11,14H2/b23-15+. The van der Waals surface area contributed by atoms with Crippen LogP contribution in [0.4, 0.5) is 0 Å². The van der Waals surface area contributed by atoms with E-state index in [9.17, 15) is 5.26 Å². The zero-order chi connectivity index (χ0) is 20.8. The van der Waals surface area contributed by atoms with Gasteiger partial charge in [-0.3, -0.25) is 0 Å². The highest BCUT2D eigenvalue weighted by Gasteiger charge is 2.27. The molecule has 0 radical (unpaired) electrons. The second-order valence-corrected chi connectivity index (χ2v) is 8.02. The first kappa shape index (κ1) is 17.7. The number of nitrogens with zero attached hydrogens (tertiary/aromatic N) is 1. The monoisotopic (exact) mass is 397 g/mol. The molecule has 0 aromatic heterocycles. The zero-order valence-corrected chi connectivity index (χ0v) is 16.9. The van der Waals surface area contributed by atoms with Gasteiger partial charge in [0.1, 0.15) is 11.5 Å². The molecular weight excluding hydrogens is 378 g/mol. The van der Waals surface area contributed by atoms with E-state index in [0.29, 0.717) is 5.76 Å². The first-order valence-corrected chi connectivity index (χ1v) is 10.5. The Bertz CT molecular complexity index is 1510. The van der Waals surface area contributed by atoms with Crippen molar-refractivity contribution in [2.75, 3.05) is 0 Å². The molecule has 31 heavy (non-hydrogen) atoms. The maximum absolute atomic E-state index is 9.26. The molecule has 4 aromatic carbocycles. The van der Waals surface area contributed by atoms with Crippen LogP contribution < -0.4 is 0 Å². The number of fused-ring (bicyclic) bond motifs is 5. The van der Waals surface area contributed by atoms with Gasteiger partial charge in [0.25, 0.3) is 0 Å². The van der Waals surface area contributed by atoms with E-state index in [1.807, 2.05) is 12.1 Å². The molecule has 0 unspecified atom stereocenters. The molecule has 1 aliphatic carbocycles. The van der Waals surface area contributed by atoms with E-state index in [4.69, 9.17) is 4.74 Å². The van der Waals surface area contributed by atoms with Gasteiger partial charge in [-0.2, -0.15) is 5.26 Å². The molecule has 1 heterocycles. The summed E-state index contributed by atoms with van der Waals surface area (Å²) in [7, 11) is 0. The second kappa shape index (κ2) is 7.00. The minimum atomic E-state index is 0.589. The molecule has 0 fully saturated rings. The molecule has 2 heteroatoms. The Balaban J connectivity index is 1.56. The molecule has 0 spiro atoms. The van der Waals surface area contributed by atoms with Crippen molar-refractivity contribution in [2.45, 2.75) is 12.8 Å². The number of ether oxygens (including phenoxy) is 1. The lowest BCUT2D eigenvalue weighted by Crippen LogP contribution is -2.12. The van der Waals surface area contributed by atoms with Gasteiger partial charge in [-0.1, -0.05) is 72.8 Å². The summed E-state index contributed by atoms with van der Waals surface area (Å²) >= 11 is 0. The van der Waals surface area contributed by atoms with Crippen LogP contribution in [0, 0.1) is 11.3 Å². The van der Waals surface area contributed by atoms with Gasteiger partial charge in [-0.25, -0.2) is 0 Å². The van der Waals surface area contributed by atoms with Gasteiger partial charge in [-0.15, -0.1) is 0 Å². The first-order chi connectivity index (χ1) is 15.3. The lowest BCUT2D eigenvalue weighted by atomic mass is 9.82. The summed E-state index contributed by atoms with van der Waals surface area (Å²) in [5, 5.41) is 14.2. The van der Waals surface area contributed by atoms with Crippen molar-refractivity contribution >= 4 is 32.9 Å². The predicted molar refractivity (Wildman–Crippen MR) is 126 cm³/mol. The highest BCUT2D eigenvalue weighted by Crippen LogP contribution is 2.44. The summed E-state index contributed by atoms with van der Waals surface area (Å²) in [4.78, 5) is 0. The molecular formula is C29H19NO. The Morgan fingerprint density at radius 1 is 0.806 bits per heavy atom. The fraction of sp³-hybridized carbons (Fsp3) is 0.0690. The maximum Gasteiger partial charge on any atom is 0.138 e. The van der Waals surface area contributed by atoms with Crippen LogP contribution >= 0.6 is 0 Å². The molecule has 0 bridgehead atoms. The van der Waals surface area contributed by atoms with E-state index < -0.39 is 0 Å². The Kier molecular flexibility index (Phi) is 4.01. The van der Waals surface area contributed by atoms with Crippen LogP contribution in [0.2, 0.25) is 0 Å². The fourth-order valence-corrected chi connectivity index (χ4v) is 4.82. The summed E-state index contributed by atoms with van der Waals surface area (Å²) in [5.74, 6) is 1.48. The van der Waals surface area contributed by atoms with Gasteiger partial charge >= 0.3 is 0 Å². The fourth-order valence-electron chi connectivity index (χ4n) is 4.82. The largest absolute Gasteiger partial charge is 0.456 e. The van der Waals surface area contributed by atoms with Gasteiger partial charge in [0.2, 0.25) is 0 Å². The number of hydrogen-bond donors (Lipinski definition) is 0. The average Bonchev–Trinajstić information content (AvgIpc) is 2.83. The molecule has 1 aliphatic heterocycles. The van der Waals surface area contributed by atoms with E-state index in [0.717, 1.165) is 35.3 Å². The van der Waals surface area contributed by atoms with Gasteiger partial charge < -0.3 is 4.74 Å². The Morgan fingerprint density at radius 3 is 2.55 bits per heavy atom. The van der Waals surface area contributed by atoms with Crippen LogP contribution in [-0.4, -0.2) is 0 Å². The lowest BCUT2D eigenvalue weighted by molar-refractivity contribution is 0.391. The third-order valence-electron chi connectivity index (χ3n) is 6.27. The van der Waals surface area contributed by atoms with Crippen molar-refractivity contribution in [1.82, 2.24) is 0 Å². The molecule has 0 atom stereocenters. The van der Waals surface area contributed by atoms with Crippen molar-refractivity contribution < 1.29 is 4.74 Å². The van der Waals surface area contributed by atoms with E-state index in [1.165, 1.54) is 38.8 Å². The van der Waals surface area contributed by atoms with Crippen molar-refractivity contribution in [3.05, 3.63) is 119 Å². The van der Waals surface area contributed by atoms with Gasteiger partial charge in [0.05, 0.1) is 12.1 Å². The predicted octanol–water partition coefficient (Wildman–Crippen LogP) is 7.17. The van der Waals surface area contributed by atoms with Crippen molar-refractivity contribution in [1.29, 1.82) is 5.26 Å². The molecule has 6 rings (SSSR count). The molecule has 2 aliphatic rings. The average molecular weight is 397 g/mol. The minimum absolute atomic E-state index is 0.589. The summed E-state index contributed by atoms with van der Waals surface area (Å²) < 4.78 is 6.20. The quantitative estimate of drug-likeness (QED) is 0.252. The minimum Gasteiger partial charge on any atom is -0.456 e. The van der Waals surface area contributed by atoms with Crippen LogP contribution in [0.25, 0.3) is 32.9 Å². The molecule has 2 nitrogen and oxygen atoms in total. The second-order valence-electron chi connectivity index (χ2n) is 8.02. The third kappa shape index (κ3) is 2.86. The SMILES string of the molecule is N#C/C=C1\C=C(c2ccc3c(ccc4ccccc43)c2)C2=C(O1)c1ccccc1CC2. The number of benzene rings is 4. The van der Waals surface area contributed by atoms with E-state index in [-0.39, 0.29) is 0 Å². The van der Waals surface area contributed by atoms with Crippen molar-refractivity contribution in [3.8, 4) is 6.07 Å². The van der Waals surface area contributed by atoms with Gasteiger partial charge in [-0.05, 0) is 63.2 Å². The van der Waals surface area contributed by atoms with Crippen molar-refractivity contribution in [3.63, 3.8) is 0 Å². The highest BCUT2D eigenvalue weighted by molar-refractivity contribution is 6.08. The highest BCUT2D eigenvalue weighted by atomic mass is 16.5. The molecule has 146 valence electrons. The number of rotatable bonds is 1. The maximum atomic E-state index is 9.26. The Labute approximate surface area is 181 Å². The summed E-state index contributed by atoms with van der Waals surface area (Å²) in [6, 6.07) is 30.1. The number of hydrogen-bond acceptors (Lipinski definition) is 2. The van der Waals surface area contributed by atoms with Gasteiger partial charge in [0.15, 0.2) is 0 Å². The van der Waals surface area contributed by atoms with Crippen LogP contribution in [0.5, 0.6) is 0 Å².